The molecule has 0 rings (SSSR count). The van der Waals surface area contributed by atoms with Crippen LogP contribution in [0.1, 0.15) is 271 Å². The standard InChI is InChI=1S/C64H108O6/c1-4-7-10-13-16-19-21-23-25-26-27-28-29-30-31-32-33-34-35-36-37-38-40-41-43-45-48-51-54-57-63(66)69-60-61(59-68-62(65)56-53-50-47-18-15-12-9-6-3)70-64(67)58-55-52-49-46-44-42-39-24-22-20-17-14-11-8-5-2/h7-8,10-11,16-17,19-20,23-25,27-28,30-31,39,61H,4-6,9,12-15,18,21-22,26,29,32-38,40-60H2,1-3H3/b10-7-,11-8-,19-16-,20-17-,25-23-,28-27-,31-30-,39-24-. The van der Waals surface area contributed by atoms with Crippen molar-refractivity contribution in [2.45, 2.75) is 277 Å². The van der Waals surface area contributed by atoms with E-state index in [1.807, 2.05) is 0 Å². The minimum atomic E-state index is -0.784. The molecule has 0 spiro atoms. The maximum Gasteiger partial charge on any atom is 0.306 e. The van der Waals surface area contributed by atoms with E-state index in [4.69, 9.17) is 14.2 Å². The van der Waals surface area contributed by atoms with Crippen molar-refractivity contribution in [1.29, 1.82) is 0 Å². The molecule has 0 aromatic rings. The molecular weight excluding hydrogens is 865 g/mol. The van der Waals surface area contributed by atoms with Crippen LogP contribution in [0, 0.1) is 0 Å². The summed E-state index contributed by atoms with van der Waals surface area (Å²) in [5, 5.41) is 0. The predicted octanol–water partition coefficient (Wildman–Crippen LogP) is 19.7. The van der Waals surface area contributed by atoms with Crippen LogP contribution in [0.25, 0.3) is 0 Å². The molecule has 6 heteroatoms. The number of ether oxygens (including phenoxy) is 3. The van der Waals surface area contributed by atoms with Gasteiger partial charge in [0.25, 0.3) is 0 Å². The zero-order valence-corrected chi connectivity index (χ0v) is 45.8. The van der Waals surface area contributed by atoms with Crippen LogP contribution < -0.4 is 0 Å². The summed E-state index contributed by atoms with van der Waals surface area (Å²) in [5.41, 5.74) is 0. The number of esters is 3. The van der Waals surface area contributed by atoms with Gasteiger partial charge in [-0.1, -0.05) is 253 Å². The molecule has 0 aromatic carbocycles. The third-order valence-electron chi connectivity index (χ3n) is 12.3. The maximum absolute atomic E-state index is 12.8. The summed E-state index contributed by atoms with van der Waals surface area (Å²) < 4.78 is 16.8. The Morgan fingerprint density at radius 1 is 0.300 bits per heavy atom. The highest BCUT2D eigenvalue weighted by molar-refractivity contribution is 5.71. The summed E-state index contributed by atoms with van der Waals surface area (Å²) in [6.45, 7) is 6.38. The number of rotatable bonds is 52. The van der Waals surface area contributed by atoms with Crippen LogP contribution in [0.5, 0.6) is 0 Å². The summed E-state index contributed by atoms with van der Waals surface area (Å²) in [6, 6.07) is 0. The number of unbranched alkanes of at least 4 members (excludes halogenated alkanes) is 25. The summed E-state index contributed by atoms with van der Waals surface area (Å²) in [7, 11) is 0. The van der Waals surface area contributed by atoms with E-state index in [1.54, 1.807) is 0 Å². The first kappa shape index (κ1) is 66.3. The highest BCUT2D eigenvalue weighted by Crippen LogP contribution is 2.16. The van der Waals surface area contributed by atoms with Crippen molar-refractivity contribution in [3.63, 3.8) is 0 Å². The van der Waals surface area contributed by atoms with Crippen molar-refractivity contribution in [2.24, 2.45) is 0 Å². The Hall–Kier alpha value is -3.67. The van der Waals surface area contributed by atoms with Gasteiger partial charge in [-0.25, -0.2) is 0 Å². The Balaban J connectivity index is 4.15. The molecule has 0 N–H and O–H groups in total. The average Bonchev–Trinajstić information content (AvgIpc) is 3.36. The first-order chi connectivity index (χ1) is 34.5. The third-order valence-corrected chi connectivity index (χ3v) is 12.3. The first-order valence-corrected chi connectivity index (χ1v) is 29.2. The van der Waals surface area contributed by atoms with Crippen molar-refractivity contribution < 1.29 is 28.6 Å². The molecule has 0 bridgehead atoms. The minimum Gasteiger partial charge on any atom is -0.462 e. The summed E-state index contributed by atoms with van der Waals surface area (Å²) in [4.78, 5) is 38.0. The van der Waals surface area contributed by atoms with Crippen molar-refractivity contribution in [3.8, 4) is 0 Å². The monoisotopic (exact) mass is 973 g/mol. The lowest BCUT2D eigenvalue weighted by Crippen LogP contribution is -2.30. The van der Waals surface area contributed by atoms with Gasteiger partial charge in [-0.2, -0.15) is 0 Å². The highest BCUT2D eigenvalue weighted by Gasteiger charge is 2.19. The molecule has 0 fully saturated rings. The summed E-state index contributed by atoms with van der Waals surface area (Å²) in [6.07, 6.45) is 77.1. The van der Waals surface area contributed by atoms with Crippen LogP contribution in [-0.2, 0) is 28.6 Å². The van der Waals surface area contributed by atoms with E-state index in [-0.39, 0.29) is 31.1 Å². The van der Waals surface area contributed by atoms with Crippen molar-refractivity contribution in [2.75, 3.05) is 13.2 Å². The fourth-order valence-electron chi connectivity index (χ4n) is 8.01. The molecule has 70 heavy (non-hydrogen) atoms. The van der Waals surface area contributed by atoms with Gasteiger partial charge in [0.2, 0.25) is 0 Å². The predicted molar refractivity (Wildman–Crippen MR) is 302 cm³/mol. The third kappa shape index (κ3) is 55.3. The molecule has 0 radical (unpaired) electrons. The normalized spacial score (nSPS) is 12.8. The van der Waals surface area contributed by atoms with Crippen LogP contribution in [0.2, 0.25) is 0 Å². The van der Waals surface area contributed by atoms with Gasteiger partial charge in [0.15, 0.2) is 6.10 Å². The minimum absolute atomic E-state index is 0.0828. The Bertz CT molecular complexity index is 1400. The molecule has 0 amide bonds. The number of carbonyl (C=O) groups excluding carboxylic acids is 3. The van der Waals surface area contributed by atoms with E-state index in [0.29, 0.717) is 19.3 Å². The molecule has 0 saturated heterocycles. The number of hydrogen-bond acceptors (Lipinski definition) is 6. The lowest BCUT2D eigenvalue weighted by Gasteiger charge is -2.18. The molecule has 1 unspecified atom stereocenters. The number of allylic oxidation sites excluding steroid dienone is 16. The lowest BCUT2D eigenvalue weighted by molar-refractivity contribution is -0.167. The molecule has 0 aliphatic rings. The molecule has 1 atom stereocenters. The van der Waals surface area contributed by atoms with Crippen LogP contribution in [0.4, 0.5) is 0 Å². The maximum atomic E-state index is 12.8. The summed E-state index contributed by atoms with van der Waals surface area (Å²) in [5.74, 6) is -0.902. The van der Waals surface area contributed by atoms with Gasteiger partial charge in [-0.15, -0.1) is 0 Å². The molecule has 400 valence electrons. The van der Waals surface area contributed by atoms with Gasteiger partial charge in [0.1, 0.15) is 13.2 Å². The Morgan fingerprint density at radius 3 is 0.871 bits per heavy atom. The van der Waals surface area contributed by atoms with Crippen LogP contribution >= 0.6 is 0 Å². The largest absolute Gasteiger partial charge is 0.462 e. The second-order valence-electron chi connectivity index (χ2n) is 19.1. The zero-order chi connectivity index (χ0) is 50.7. The molecule has 0 heterocycles. The second-order valence-corrected chi connectivity index (χ2v) is 19.1. The number of hydrogen-bond donors (Lipinski definition) is 0. The first-order valence-electron chi connectivity index (χ1n) is 29.2. The van der Waals surface area contributed by atoms with E-state index >= 15 is 0 Å². The quantitative estimate of drug-likeness (QED) is 0.0262. The zero-order valence-electron chi connectivity index (χ0n) is 45.8. The SMILES string of the molecule is CC/C=C\C/C=C\C/C=C\C/C=C\C/C=C\CCCCCCCCCCCCCCCC(=O)OCC(COC(=O)CCCCCCCCCC)OC(=O)CCCCCCC/C=C\C/C=C\C/C=C\CC. The smallest absolute Gasteiger partial charge is 0.306 e. The Kier molecular flexibility index (Phi) is 54.9. The van der Waals surface area contributed by atoms with Crippen molar-refractivity contribution in [3.05, 3.63) is 97.2 Å². The molecular formula is C64H108O6. The van der Waals surface area contributed by atoms with Gasteiger partial charge in [-0.05, 0) is 96.3 Å². The molecule has 0 aliphatic heterocycles. The summed E-state index contributed by atoms with van der Waals surface area (Å²) >= 11 is 0. The highest BCUT2D eigenvalue weighted by atomic mass is 16.6. The fourth-order valence-corrected chi connectivity index (χ4v) is 8.01. The van der Waals surface area contributed by atoms with Crippen molar-refractivity contribution >= 4 is 17.9 Å². The van der Waals surface area contributed by atoms with Gasteiger partial charge in [0, 0.05) is 19.3 Å². The fraction of sp³-hybridized carbons (Fsp3) is 0.703. The molecule has 6 nitrogen and oxygen atoms in total. The molecule has 0 aromatic heterocycles. The van der Waals surface area contributed by atoms with E-state index < -0.39 is 6.10 Å². The van der Waals surface area contributed by atoms with Gasteiger partial charge < -0.3 is 14.2 Å². The van der Waals surface area contributed by atoms with Gasteiger partial charge in [0.05, 0.1) is 0 Å². The second kappa shape index (κ2) is 57.9. The Labute approximate surface area is 432 Å². The van der Waals surface area contributed by atoms with Gasteiger partial charge >= 0.3 is 17.9 Å². The topological polar surface area (TPSA) is 78.9 Å². The molecule has 0 aliphatic carbocycles. The van der Waals surface area contributed by atoms with Crippen LogP contribution in [-0.4, -0.2) is 37.2 Å². The van der Waals surface area contributed by atoms with Gasteiger partial charge in [-0.3, -0.25) is 14.4 Å². The molecule has 0 saturated carbocycles. The van der Waals surface area contributed by atoms with E-state index in [0.717, 1.165) is 128 Å². The van der Waals surface area contributed by atoms with E-state index in [1.165, 1.54) is 103 Å². The van der Waals surface area contributed by atoms with Crippen molar-refractivity contribution in [1.82, 2.24) is 0 Å². The number of carbonyl (C=O) groups is 3. The van der Waals surface area contributed by atoms with E-state index in [2.05, 4.69) is 118 Å². The van der Waals surface area contributed by atoms with Crippen LogP contribution in [0.15, 0.2) is 97.2 Å². The lowest BCUT2D eigenvalue weighted by atomic mass is 10.0. The average molecular weight is 974 g/mol. The van der Waals surface area contributed by atoms with Crippen LogP contribution in [0.3, 0.4) is 0 Å². The Morgan fingerprint density at radius 2 is 0.557 bits per heavy atom. The van der Waals surface area contributed by atoms with E-state index in [9.17, 15) is 14.4 Å².